The molecule has 3 nitrogen and oxygen atoms in total. The quantitative estimate of drug-likeness (QED) is 0.731. The topological polar surface area (TPSA) is 29.5 Å². The molecule has 1 aliphatic rings. The fourth-order valence-electron chi connectivity index (χ4n) is 2.63. The lowest BCUT2D eigenvalue weighted by Crippen LogP contribution is -2.36. The van der Waals surface area contributed by atoms with E-state index in [1.165, 1.54) is 12.8 Å². The summed E-state index contributed by atoms with van der Waals surface area (Å²) in [5.41, 5.74) is 1.13. The van der Waals surface area contributed by atoms with Gasteiger partial charge in [0.25, 0.3) is 0 Å². The average molecular weight is 289 g/mol. The predicted octanol–water partition coefficient (Wildman–Crippen LogP) is 3.66. The van der Waals surface area contributed by atoms with Crippen LogP contribution in [0.3, 0.4) is 0 Å². The van der Waals surface area contributed by atoms with Crippen LogP contribution in [-0.4, -0.2) is 30.0 Å². The van der Waals surface area contributed by atoms with E-state index in [1.807, 2.05) is 25.1 Å². The zero-order valence-electron chi connectivity index (χ0n) is 13.5. The Labute approximate surface area is 128 Å². The van der Waals surface area contributed by atoms with Crippen molar-refractivity contribution in [1.29, 1.82) is 0 Å². The molecule has 0 aliphatic heterocycles. The number of ether oxygens (including phenoxy) is 1. The molecule has 2 rings (SSSR count). The molecule has 21 heavy (non-hydrogen) atoms. The Morgan fingerprint density at radius 3 is 2.67 bits per heavy atom. The first-order chi connectivity index (χ1) is 10.1. The summed E-state index contributed by atoms with van der Waals surface area (Å²) >= 11 is 0. The van der Waals surface area contributed by atoms with E-state index in [4.69, 9.17) is 4.74 Å². The summed E-state index contributed by atoms with van der Waals surface area (Å²) in [6.07, 6.45) is 3.69. The molecule has 0 radical (unpaired) electrons. The maximum absolute atomic E-state index is 12.5. The Bertz CT molecular complexity index is 466. The number of benzene rings is 1. The van der Waals surface area contributed by atoms with E-state index < -0.39 is 0 Å². The zero-order valence-corrected chi connectivity index (χ0v) is 13.5. The highest BCUT2D eigenvalue weighted by molar-refractivity contribution is 5.77. The smallest absolute Gasteiger partial charge is 0.223 e. The first-order valence-corrected chi connectivity index (χ1v) is 8.12. The largest absolute Gasteiger partial charge is 0.494 e. The normalized spacial score (nSPS) is 14.3. The molecule has 1 aromatic rings. The lowest BCUT2D eigenvalue weighted by atomic mass is 10.1. The van der Waals surface area contributed by atoms with Gasteiger partial charge in [0.2, 0.25) is 5.91 Å². The van der Waals surface area contributed by atoms with Crippen molar-refractivity contribution in [1.82, 2.24) is 4.90 Å². The zero-order chi connectivity index (χ0) is 15.2. The summed E-state index contributed by atoms with van der Waals surface area (Å²) in [6.45, 7) is 7.88. The van der Waals surface area contributed by atoms with Crippen LogP contribution >= 0.6 is 0 Å². The van der Waals surface area contributed by atoms with Crippen LogP contribution in [0.15, 0.2) is 24.3 Å². The first-order valence-electron chi connectivity index (χ1n) is 8.12. The van der Waals surface area contributed by atoms with Crippen LogP contribution < -0.4 is 4.74 Å². The SMILES string of the molecule is CCOc1ccccc1CCC(=O)N(CC(C)C)C1CC1. The number of aryl methyl sites for hydroxylation is 1. The predicted molar refractivity (Wildman–Crippen MR) is 85.5 cm³/mol. The molecule has 1 amide bonds. The molecule has 0 bridgehead atoms. The molecule has 1 saturated carbocycles. The van der Waals surface area contributed by atoms with Gasteiger partial charge in [0.05, 0.1) is 6.61 Å². The van der Waals surface area contributed by atoms with Gasteiger partial charge in [0.1, 0.15) is 5.75 Å². The van der Waals surface area contributed by atoms with E-state index in [2.05, 4.69) is 24.8 Å². The van der Waals surface area contributed by atoms with Gasteiger partial charge in [-0.15, -0.1) is 0 Å². The summed E-state index contributed by atoms with van der Waals surface area (Å²) in [6, 6.07) is 8.53. The summed E-state index contributed by atoms with van der Waals surface area (Å²) in [5.74, 6) is 1.73. The Kier molecular flexibility index (Phi) is 5.66. The fraction of sp³-hybridized carbons (Fsp3) is 0.611. The standard InChI is InChI=1S/C18H27NO2/c1-4-21-17-8-6-5-7-15(17)9-12-18(20)19(13-14(2)3)16-10-11-16/h5-8,14,16H,4,9-13H2,1-3H3. The number of hydrogen-bond donors (Lipinski definition) is 0. The van der Waals surface area contributed by atoms with Crippen molar-refractivity contribution in [2.24, 2.45) is 5.92 Å². The molecule has 0 unspecified atom stereocenters. The van der Waals surface area contributed by atoms with E-state index in [9.17, 15) is 4.79 Å². The van der Waals surface area contributed by atoms with E-state index in [0.29, 0.717) is 25.0 Å². The maximum atomic E-state index is 12.5. The third-order valence-electron chi connectivity index (χ3n) is 3.75. The van der Waals surface area contributed by atoms with Crippen LogP contribution in [0.25, 0.3) is 0 Å². The van der Waals surface area contributed by atoms with Crippen LogP contribution in [-0.2, 0) is 11.2 Å². The highest BCUT2D eigenvalue weighted by atomic mass is 16.5. The van der Waals surface area contributed by atoms with E-state index in [1.54, 1.807) is 0 Å². The summed E-state index contributed by atoms with van der Waals surface area (Å²) in [7, 11) is 0. The Morgan fingerprint density at radius 2 is 2.05 bits per heavy atom. The number of nitrogens with zero attached hydrogens (tertiary/aromatic N) is 1. The summed E-state index contributed by atoms with van der Waals surface area (Å²) in [4.78, 5) is 14.6. The summed E-state index contributed by atoms with van der Waals surface area (Å²) in [5, 5.41) is 0. The minimum atomic E-state index is 0.289. The Hall–Kier alpha value is -1.51. The lowest BCUT2D eigenvalue weighted by Gasteiger charge is -2.24. The van der Waals surface area contributed by atoms with Crippen molar-refractivity contribution in [3.63, 3.8) is 0 Å². The van der Waals surface area contributed by atoms with Crippen LogP contribution in [0.1, 0.15) is 45.6 Å². The lowest BCUT2D eigenvalue weighted by molar-refractivity contribution is -0.132. The molecule has 0 heterocycles. The van der Waals surface area contributed by atoms with Gasteiger partial charge in [-0.25, -0.2) is 0 Å². The minimum Gasteiger partial charge on any atom is -0.494 e. The van der Waals surface area contributed by atoms with Crippen LogP contribution in [0.5, 0.6) is 5.75 Å². The number of hydrogen-bond acceptors (Lipinski definition) is 2. The first kappa shape index (κ1) is 15.9. The number of carbonyl (C=O) groups is 1. The number of amides is 1. The number of carbonyl (C=O) groups excluding carboxylic acids is 1. The number of para-hydroxylation sites is 1. The second kappa shape index (κ2) is 7.48. The molecule has 0 N–H and O–H groups in total. The molecule has 1 aromatic carbocycles. The minimum absolute atomic E-state index is 0.289. The van der Waals surface area contributed by atoms with Crippen molar-refractivity contribution < 1.29 is 9.53 Å². The summed E-state index contributed by atoms with van der Waals surface area (Å²) < 4.78 is 5.63. The Balaban J connectivity index is 1.93. The molecule has 0 saturated heterocycles. The fourth-order valence-corrected chi connectivity index (χ4v) is 2.63. The van der Waals surface area contributed by atoms with Gasteiger partial charge in [0.15, 0.2) is 0 Å². The van der Waals surface area contributed by atoms with E-state index in [0.717, 1.165) is 24.3 Å². The molecule has 0 atom stereocenters. The van der Waals surface area contributed by atoms with Gasteiger partial charge in [-0.3, -0.25) is 4.79 Å². The highest BCUT2D eigenvalue weighted by Gasteiger charge is 2.32. The van der Waals surface area contributed by atoms with Crippen LogP contribution in [0, 0.1) is 5.92 Å². The van der Waals surface area contributed by atoms with Gasteiger partial charge in [-0.05, 0) is 43.7 Å². The van der Waals surface area contributed by atoms with Crippen molar-refractivity contribution in [2.45, 2.75) is 52.5 Å². The molecule has 1 aliphatic carbocycles. The van der Waals surface area contributed by atoms with E-state index in [-0.39, 0.29) is 5.91 Å². The van der Waals surface area contributed by atoms with Crippen LogP contribution in [0.4, 0.5) is 0 Å². The molecule has 0 aromatic heterocycles. The highest BCUT2D eigenvalue weighted by Crippen LogP contribution is 2.29. The molecular weight excluding hydrogens is 262 g/mol. The molecular formula is C18H27NO2. The van der Waals surface area contributed by atoms with Gasteiger partial charge >= 0.3 is 0 Å². The molecule has 3 heteroatoms. The molecule has 0 spiro atoms. The van der Waals surface area contributed by atoms with Gasteiger partial charge in [-0.2, -0.15) is 0 Å². The Morgan fingerprint density at radius 1 is 1.33 bits per heavy atom. The monoisotopic (exact) mass is 289 g/mol. The maximum Gasteiger partial charge on any atom is 0.223 e. The second-order valence-electron chi connectivity index (χ2n) is 6.21. The van der Waals surface area contributed by atoms with Gasteiger partial charge in [-0.1, -0.05) is 32.0 Å². The van der Waals surface area contributed by atoms with Crippen molar-refractivity contribution in [3.8, 4) is 5.75 Å². The van der Waals surface area contributed by atoms with Crippen molar-refractivity contribution in [3.05, 3.63) is 29.8 Å². The number of rotatable bonds is 8. The van der Waals surface area contributed by atoms with Gasteiger partial charge < -0.3 is 9.64 Å². The molecule has 1 fully saturated rings. The second-order valence-corrected chi connectivity index (χ2v) is 6.21. The third-order valence-corrected chi connectivity index (χ3v) is 3.75. The average Bonchev–Trinajstić information content (AvgIpc) is 3.28. The van der Waals surface area contributed by atoms with Crippen molar-refractivity contribution >= 4 is 5.91 Å². The van der Waals surface area contributed by atoms with Crippen molar-refractivity contribution in [2.75, 3.05) is 13.2 Å². The third kappa shape index (κ3) is 4.76. The van der Waals surface area contributed by atoms with E-state index >= 15 is 0 Å². The van der Waals surface area contributed by atoms with Crippen LogP contribution in [0.2, 0.25) is 0 Å². The molecule has 116 valence electrons. The van der Waals surface area contributed by atoms with Gasteiger partial charge in [0, 0.05) is 19.0 Å².